The first-order valence-electron chi connectivity index (χ1n) is 9.17. The Kier molecular flexibility index (Phi) is 7.18. The number of hydrogen-bond acceptors (Lipinski definition) is 8. The average molecular weight is 444 g/mol. The highest BCUT2D eigenvalue weighted by Crippen LogP contribution is 2.18. The summed E-state index contributed by atoms with van der Waals surface area (Å²) in [5.41, 5.74) is 5.90. The van der Waals surface area contributed by atoms with E-state index in [9.17, 15) is 24.5 Å². The van der Waals surface area contributed by atoms with E-state index in [1.54, 1.807) is 30.3 Å². The van der Waals surface area contributed by atoms with Crippen LogP contribution in [0.15, 0.2) is 54.6 Å². The maximum absolute atomic E-state index is 12.4. The van der Waals surface area contributed by atoms with Gasteiger partial charge in [-0.05, 0) is 18.2 Å². The molecule has 0 aliphatic carbocycles. The molecule has 6 N–H and O–H groups in total. The van der Waals surface area contributed by atoms with E-state index in [1.807, 2.05) is 0 Å². The van der Waals surface area contributed by atoms with Crippen LogP contribution in [0, 0.1) is 10.1 Å². The summed E-state index contributed by atoms with van der Waals surface area (Å²) in [6.45, 7) is 0. The molecule has 12 heteroatoms. The molecular formula is C19H20N6O5S. The van der Waals surface area contributed by atoms with Crippen molar-refractivity contribution in [1.82, 2.24) is 16.0 Å². The summed E-state index contributed by atoms with van der Waals surface area (Å²) in [6.07, 6.45) is -0.862. The van der Waals surface area contributed by atoms with Crippen molar-refractivity contribution in [2.24, 2.45) is 5.73 Å². The molecule has 1 aliphatic heterocycles. The van der Waals surface area contributed by atoms with Crippen LogP contribution in [0.4, 0.5) is 11.4 Å². The largest absolute Gasteiger partial charge is 0.338 e. The van der Waals surface area contributed by atoms with Crippen molar-refractivity contribution >= 4 is 40.9 Å². The van der Waals surface area contributed by atoms with E-state index in [0.29, 0.717) is 11.3 Å². The van der Waals surface area contributed by atoms with Gasteiger partial charge >= 0.3 is 0 Å². The van der Waals surface area contributed by atoms with Crippen LogP contribution in [0.1, 0.15) is 10.4 Å². The van der Waals surface area contributed by atoms with Crippen LogP contribution in [0.3, 0.4) is 0 Å². The molecule has 3 rings (SSSR count). The van der Waals surface area contributed by atoms with E-state index in [-0.39, 0.29) is 11.4 Å². The molecule has 2 aromatic rings. The van der Waals surface area contributed by atoms with Crippen LogP contribution in [-0.4, -0.2) is 46.1 Å². The summed E-state index contributed by atoms with van der Waals surface area (Å²) in [5, 5.41) is 21.5. The highest BCUT2D eigenvalue weighted by Gasteiger charge is 2.35. The maximum Gasteiger partial charge on any atom is 0.271 e. The molecule has 0 saturated carbocycles. The molecular weight excluding hydrogens is 424 g/mol. The van der Waals surface area contributed by atoms with Gasteiger partial charge < -0.3 is 21.7 Å². The van der Waals surface area contributed by atoms with Crippen LogP contribution in [0.5, 0.6) is 0 Å². The molecule has 31 heavy (non-hydrogen) atoms. The van der Waals surface area contributed by atoms with Gasteiger partial charge in [0.1, 0.15) is 11.5 Å². The normalized spacial score (nSPS) is 20.4. The van der Waals surface area contributed by atoms with Gasteiger partial charge in [0.05, 0.1) is 16.8 Å². The third-order valence-electron chi connectivity index (χ3n) is 4.30. The second-order valence-corrected chi connectivity index (χ2v) is 7.66. The van der Waals surface area contributed by atoms with Gasteiger partial charge in [0.15, 0.2) is 0 Å². The molecule has 3 amide bonds. The van der Waals surface area contributed by atoms with Crippen LogP contribution in [0.2, 0.25) is 0 Å². The number of nitrogens with two attached hydrogens (primary N) is 1. The number of rotatable bonds is 7. The molecule has 1 fully saturated rings. The topological polar surface area (TPSA) is 168 Å². The molecule has 3 atom stereocenters. The number of benzene rings is 2. The predicted molar refractivity (Wildman–Crippen MR) is 115 cm³/mol. The average Bonchev–Trinajstić information content (AvgIpc) is 2.75. The van der Waals surface area contributed by atoms with E-state index < -0.39 is 40.4 Å². The van der Waals surface area contributed by atoms with Gasteiger partial charge in [0.25, 0.3) is 11.6 Å². The first-order valence-corrected chi connectivity index (χ1v) is 10.2. The second-order valence-electron chi connectivity index (χ2n) is 6.56. The fraction of sp³-hybridized carbons (Fsp3) is 0.211. The molecule has 0 radical (unpaired) electrons. The highest BCUT2D eigenvalue weighted by atomic mass is 32.2. The minimum absolute atomic E-state index is 0.0472. The Morgan fingerprint density at radius 2 is 1.90 bits per heavy atom. The van der Waals surface area contributed by atoms with Crippen molar-refractivity contribution < 1.29 is 19.3 Å². The first-order chi connectivity index (χ1) is 14.8. The summed E-state index contributed by atoms with van der Waals surface area (Å²) < 4.78 is 0. The van der Waals surface area contributed by atoms with Crippen LogP contribution in [-0.2, 0) is 9.59 Å². The number of amides is 3. The van der Waals surface area contributed by atoms with Gasteiger partial charge in [0.2, 0.25) is 11.8 Å². The Morgan fingerprint density at radius 1 is 1.16 bits per heavy atom. The van der Waals surface area contributed by atoms with Gasteiger partial charge in [0, 0.05) is 23.4 Å². The van der Waals surface area contributed by atoms with Gasteiger partial charge in [-0.2, -0.15) is 0 Å². The number of nitro benzene ring substituents is 1. The quantitative estimate of drug-likeness (QED) is 0.301. The Balaban J connectivity index is 1.49. The fourth-order valence-electron chi connectivity index (χ4n) is 2.81. The molecule has 3 unspecified atom stereocenters. The molecule has 2 aromatic carbocycles. The first kappa shape index (κ1) is 22.2. The number of hydrogen-bond donors (Lipinski definition) is 5. The lowest BCUT2D eigenvalue weighted by atomic mass is 10.1. The molecule has 1 aliphatic rings. The summed E-state index contributed by atoms with van der Waals surface area (Å²) in [5.74, 6) is -1.36. The van der Waals surface area contributed by atoms with E-state index in [2.05, 4.69) is 21.3 Å². The fourth-order valence-corrected chi connectivity index (χ4v) is 3.65. The second kappa shape index (κ2) is 10.0. The van der Waals surface area contributed by atoms with Crippen LogP contribution >= 0.6 is 11.8 Å². The molecule has 11 nitrogen and oxygen atoms in total. The Morgan fingerprint density at radius 3 is 2.58 bits per heavy atom. The van der Waals surface area contributed by atoms with E-state index in [4.69, 9.17) is 5.73 Å². The van der Waals surface area contributed by atoms with Crippen molar-refractivity contribution in [3.8, 4) is 0 Å². The molecule has 0 aromatic heterocycles. The smallest absolute Gasteiger partial charge is 0.271 e. The summed E-state index contributed by atoms with van der Waals surface area (Å²) in [7, 11) is 0. The SMILES string of the molecule is NC1NC(SCC(=O)Nc2cccc([N+](=O)[O-])c2)NC(=O)C1NC(=O)c1ccccc1. The third-order valence-corrected chi connectivity index (χ3v) is 5.32. The third kappa shape index (κ3) is 6.01. The summed E-state index contributed by atoms with van der Waals surface area (Å²) in [6, 6.07) is 13.0. The number of carbonyl (C=O) groups is 3. The van der Waals surface area contributed by atoms with Crippen molar-refractivity contribution in [3.05, 3.63) is 70.3 Å². The monoisotopic (exact) mass is 444 g/mol. The number of thioether (sulfide) groups is 1. The maximum atomic E-state index is 12.4. The van der Waals surface area contributed by atoms with Crippen LogP contribution < -0.4 is 27.0 Å². The van der Waals surface area contributed by atoms with Crippen molar-refractivity contribution in [2.75, 3.05) is 11.1 Å². The lowest BCUT2D eigenvalue weighted by Crippen LogP contribution is -2.70. The van der Waals surface area contributed by atoms with Gasteiger partial charge in [-0.1, -0.05) is 24.3 Å². The Hall–Kier alpha value is -3.48. The molecule has 1 heterocycles. The minimum Gasteiger partial charge on any atom is -0.338 e. The van der Waals surface area contributed by atoms with E-state index in [1.165, 1.54) is 24.3 Å². The standard InChI is InChI=1S/C19H20N6O5S/c20-16-15(22-17(27)11-5-2-1-3-6-11)18(28)24-19(23-16)31-10-14(26)21-12-7-4-8-13(9-12)25(29)30/h1-9,15-16,19,23H,10,20H2,(H,21,26)(H,22,27)(H,24,28). The van der Waals surface area contributed by atoms with Crippen molar-refractivity contribution in [2.45, 2.75) is 17.7 Å². The number of nitrogens with zero attached hydrogens (tertiary/aromatic N) is 1. The number of non-ortho nitro benzene ring substituents is 1. The minimum atomic E-state index is -0.983. The van der Waals surface area contributed by atoms with Crippen LogP contribution in [0.25, 0.3) is 0 Å². The number of nitrogens with one attached hydrogen (secondary N) is 4. The van der Waals surface area contributed by atoms with E-state index >= 15 is 0 Å². The molecule has 0 spiro atoms. The lowest BCUT2D eigenvalue weighted by Gasteiger charge is -2.35. The van der Waals surface area contributed by atoms with E-state index in [0.717, 1.165) is 11.8 Å². The molecule has 0 bridgehead atoms. The van der Waals surface area contributed by atoms with Gasteiger partial charge in [-0.3, -0.25) is 29.8 Å². The zero-order valence-electron chi connectivity index (χ0n) is 16.1. The molecule has 1 saturated heterocycles. The zero-order chi connectivity index (χ0) is 22.4. The molecule has 162 valence electrons. The number of nitro groups is 1. The predicted octanol–water partition coefficient (Wildman–Crippen LogP) is 0.353. The number of carbonyl (C=O) groups excluding carboxylic acids is 3. The zero-order valence-corrected chi connectivity index (χ0v) is 16.9. The van der Waals surface area contributed by atoms with Gasteiger partial charge in [-0.15, -0.1) is 11.8 Å². The number of anilines is 1. The lowest BCUT2D eigenvalue weighted by molar-refractivity contribution is -0.384. The Bertz CT molecular complexity index is 989. The van der Waals surface area contributed by atoms with Crippen molar-refractivity contribution in [1.29, 1.82) is 0 Å². The summed E-state index contributed by atoms with van der Waals surface area (Å²) in [4.78, 5) is 47.0. The van der Waals surface area contributed by atoms with Gasteiger partial charge in [-0.25, -0.2) is 0 Å². The van der Waals surface area contributed by atoms with Crippen molar-refractivity contribution in [3.63, 3.8) is 0 Å². The summed E-state index contributed by atoms with van der Waals surface area (Å²) >= 11 is 1.08. The Labute approximate surface area is 181 Å². The highest BCUT2D eigenvalue weighted by molar-refractivity contribution is 8.00.